The maximum absolute atomic E-state index is 11.8. The summed E-state index contributed by atoms with van der Waals surface area (Å²) in [6, 6.07) is -0.731. The molecule has 1 fully saturated rings. The molecule has 1 rings (SSSR count). The van der Waals surface area contributed by atoms with Crippen LogP contribution in [-0.4, -0.2) is 36.2 Å². The molecule has 0 aromatic rings. The first-order valence-electron chi connectivity index (χ1n) is 7.09. The van der Waals surface area contributed by atoms with Gasteiger partial charge in [0.05, 0.1) is 6.10 Å². The summed E-state index contributed by atoms with van der Waals surface area (Å²) in [5.41, 5.74) is 0. The van der Waals surface area contributed by atoms with Crippen LogP contribution in [0.3, 0.4) is 0 Å². The van der Waals surface area contributed by atoms with Gasteiger partial charge >= 0.3 is 5.97 Å². The van der Waals surface area contributed by atoms with E-state index in [1.54, 1.807) is 7.11 Å². The first kappa shape index (κ1) is 16.0. The van der Waals surface area contributed by atoms with Gasteiger partial charge in [0.15, 0.2) is 0 Å². The molecular formula is C14H25NO4. The lowest BCUT2D eigenvalue weighted by atomic mass is 9.84. The second kappa shape index (κ2) is 8.15. The molecule has 2 N–H and O–H groups in total. The minimum Gasteiger partial charge on any atom is -0.480 e. The van der Waals surface area contributed by atoms with E-state index in [9.17, 15) is 14.7 Å². The van der Waals surface area contributed by atoms with Gasteiger partial charge < -0.3 is 15.2 Å². The van der Waals surface area contributed by atoms with Crippen molar-refractivity contribution >= 4 is 11.9 Å². The van der Waals surface area contributed by atoms with Crippen molar-refractivity contribution in [2.45, 2.75) is 64.0 Å². The summed E-state index contributed by atoms with van der Waals surface area (Å²) in [5, 5.41) is 11.9. The smallest absolute Gasteiger partial charge is 0.326 e. The average Bonchev–Trinajstić information content (AvgIpc) is 2.42. The maximum Gasteiger partial charge on any atom is 0.326 e. The highest BCUT2D eigenvalue weighted by atomic mass is 16.5. The fraction of sp³-hybridized carbons (Fsp3) is 0.857. The molecule has 0 heterocycles. The molecule has 0 aliphatic heterocycles. The first-order valence-corrected chi connectivity index (χ1v) is 7.09. The molecule has 0 saturated heterocycles. The van der Waals surface area contributed by atoms with Gasteiger partial charge in [0, 0.05) is 13.5 Å². The molecule has 0 radical (unpaired) electrons. The lowest BCUT2D eigenvalue weighted by molar-refractivity contribution is -0.144. The Labute approximate surface area is 114 Å². The highest BCUT2D eigenvalue weighted by Gasteiger charge is 2.30. The summed E-state index contributed by atoms with van der Waals surface area (Å²) in [5.74, 6) is -1.03. The molecule has 1 amide bonds. The number of carbonyl (C=O) groups is 2. The maximum atomic E-state index is 11.8. The number of hydrogen-bond donors (Lipinski definition) is 2. The summed E-state index contributed by atoms with van der Waals surface area (Å²) in [6.45, 7) is 1.89. The standard InChI is InChI=1S/C14H25NO4/c1-10(19-2)8-9-12(16)15-13(14(17)18)11-6-4-3-5-7-11/h10-11,13H,3-9H2,1-2H3,(H,15,16)(H,17,18). The van der Waals surface area contributed by atoms with E-state index >= 15 is 0 Å². The molecular weight excluding hydrogens is 246 g/mol. The zero-order chi connectivity index (χ0) is 14.3. The lowest BCUT2D eigenvalue weighted by Gasteiger charge is -2.28. The Kier molecular flexibility index (Phi) is 6.84. The van der Waals surface area contributed by atoms with Crippen LogP contribution in [0.4, 0.5) is 0 Å². The van der Waals surface area contributed by atoms with Gasteiger partial charge in [0.2, 0.25) is 5.91 Å². The molecule has 1 saturated carbocycles. The highest BCUT2D eigenvalue weighted by Crippen LogP contribution is 2.26. The minimum atomic E-state index is -0.917. The van der Waals surface area contributed by atoms with Crippen LogP contribution in [0, 0.1) is 5.92 Å². The largest absolute Gasteiger partial charge is 0.480 e. The van der Waals surface area contributed by atoms with Gasteiger partial charge in [-0.25, -0.2) is 4.79 Å². The van der Waals surface area contributed by atoms with Crippen LogP contribution in [0.15, 0.2) is 0 Å². The third-order valence-electron chi connectivity index (χ3n) is 3.88. The van der Waals surface area contributed by atoms with Gasteiger partial charge in [-0.15, -0.1) is 0 Å². The molecule has 0 bridgehead atoms. The molecule has 110 valence electrons. The number of carbonyl (C=O) groups excluding carboxylic acids is 1. The number of nitrogens with one attached hydrogen (secondary N) is 1. The molecule has 2 atom stereocenters. The van der Waals surface area contributed by atoms with E-state index in [0.717, 1.165) is 25.7 Å². The summed E-state index contributed by atoms with van der Waals surface area (Å²) in [4.78, 5) is 23.1. The van der Waals surface area contributed by atoms with Gasteiger partial charge in [0.25, 0.3) is 0 Å². The first-order chi connectivity index (χ1) is 9.04. The van der Waals surface area contributed by atoms with Gasteiger partial charge in [-0.3, -0.25) is 4.79 Å². The van der Waals surface area contributed by atoms with Gasteiger partial charge in [-0.05, 0) is 32.1 Å². The Bertz CT molecular complexity index is 300. The fourth-order valence-corrected chi connectivity index (χ4v) is 2.55. The van der Waals surface area contributed by atoms with Crippen molar-refractivity contribution in [1.82, 2.24) is 5.32 Å². The molecule has 0 aromatic carbocycles. The molecule has 5 nitrogen and oxygen atoms in total. The van der Waals surface area contributed by atoms with E-state index < -0.39 is 12.0 Å². The van der Waals surface area contributed by atoms with Crippen LogP contribution >= 0.6 is 0 Å². The topological polar surface area (TPSA) is 75.6 Å². The van der Waals surface area contributed by atoms with Crippen molar-refractivity contribution in [3.63, 3.8) is 0 Å². The van der Waals surface area contributed by atoms with Crippen LogP contribution in [0.5, 0.6) is 0 Å². The summed E-state index contributed by atoms with van der Waals surface area (Å²) in [7, 11) is 1.60. The Morgan fingerprint density at radius 1 is 1.32 bits per heavy atom. The normalized spacial score (nSPS) is 19.7. The van der Waals surface area contributed by atoms with E-state index in [0.29, 0.717) is 12.8 Å². The van der Waals surface area contributed by atoms with Crippen molar-refractivity contribution in [3.8, 4) is 0 Å². The summed E-state index contributed by atoms with van der Waals surface area (Å²) < 4.78 is 5.07. The molecule has 19 heavy (non-hydrogen) atoms. The second-order valence-electron chi connectivity index (χ2n) is 5.37. The van der Waals surface area contributed by atoms with Crippen LogP contribution in [0.1, 0.15) is 51.9 Å². The number of ether oxygens (including phenoxy) is 1. The van der Waals surface area contributed by atoms with Crippen molar-refractivity contribution in [3.05, 3.63) is 0 Å². The molecule has 0 spiro atoms. The van der Waals surface area contributed by atoms with E-state index in [2.05, 4.69) is 5.32 Å². The van der Waals surface area contributed by atoms with Crippen LogP contribution < -0.4 is 5.32 Å². The van der Waals surface area contributed by atoms with Crippen molar-refractivity contribution in [1.29, 1.82) is 0 Å². The van der Waals surface area contributed by atoms with Crippen LogP contribution in [0.25, 0.3) is 0 Å². The van der Waals surface area contributed by atoms with Crippen LogP contribution in [-0.2, 0) is 14.3 Å². The molecule has 5 heteroatoms. The zero-order valence-electron chi connectivity index (χ0n) is 11.9. The third kappa shape index (κ3) is 5.59. The third-order valence-corrected chi connectivity index (χ3v) is 3.88. The van der Waals surface area contributed by atoms with Gasteiger partial charge in [-0.1, -0.05) is 19.3 Å². The Morgan fingerprint density at radius 3 is 2.47 bits per heavy atom. The molecule has 2 unspecified atom stereocenters. The number of methoxy groups -OCH3 is 1. The minimum absolute atomic E-state index is 0.0173. The van der Waals surface area contributed by atoms with Crippen LogP contribution in [0.2, 0.25) is 0 Å². The number of carboxylic acid groups (broad SMARTS) is 1. The second-order valence-corrected chi connectivity index (χ2v) is 5.37. The monoisotopic (exact) mass is 271 g/mol. The number of carboxylic acids is 1. The molecule has 1 aliphatic carbocycles. The van der Waals surface area contributed by atoms with Crippen molar-refractivity contribution in [2.75, 3.05) is 7.11 Å². The lowest BCUT2D eigenvalue weighted by Crippen LogP contribution is -2.46. The summed E-state index contributed by atoms with van der Waals surface area (Å²) >= 11 is 0. The Morgan fingerprint density at radius 2 is 1.95 bits per heavy atom. The number of rotatable bonds is 7. The SMILES string of the molecule is COC(C)CCC(=O)NC(C(=O)O)C1CCCCC1. The zero-order valence-corrected chi connectivity index (χ0v) is 11.9. The quantitative estimate of drug-likeness (QED) is 0.742. The Hall–Kier alpha value is -1.10. The fourth-order valence-electron chi connectivity index (χ4n) is 2.55. The predicted octanol–water partition coefficient (Wildman–Crippen LogP) is 1.95. The van der Waals surface area contributed by atoms with Gasteiger partial charge in [-0.2, -0.15) is 0 Å². The Balaban J connectivity index is 2.44. The number of amides is 1. The average molecular weight is 271 g/mol. The van der Waals surface area contributed by atoms with Gasteiger partial charge in [0.1, 0.15) is 6.04 Å². The molecule has 1 aliphatic rings. The molecule has 0 aromatic heterocycles. The van der Waals surface area contributed by atoms with E-state index in [-0.39, 0.29) is 17.9 Å². The predicted molar refractivity (Wildman–Crippen MR) is 71.8 cm³/mol. The van der Waals surface area contributed by atoms with E-state index in [1.807, 2.05) is 6.92 Å². The van der Waals surface area contributed by atoms with Crippen molar-refractivity contribution in [2.24, 2.45) is 5.92 Å². The van der Waals surface area contributed by atoms with Crippen molar-refractivity contribution < 1.29 is 19.4 Å². The number of aliphatic carboxylic acids is 1. The summed E-state index contributed by atoms with van der Waals surface area (Å²) in [6.07, 6.45) is 6.02. The number of hydrogen-bond acceptors (Lipinski definition) is 3. The highest BCUT2D eigenvalue weighted by molar-refractivity contribution is 5.83. The van der Waals surface area contributed by atoms with E-state index in [4.69, 9.17) is 4.74 Å². The van der Waals surface area contributed by atoms with E-state index in [1.165, 1.54) is 6.42 Å².